The Bertz CT molecular complexity index is 928. The van der Waals surface area contributed by atoms with Crippen LogP contribution < -0.4 is 10.6 Å². The first-order valence-electron chi connectivity index (χ1n) is 7.85. The van der Waals surface area contributed by atoms with Gasteiger partial charge in [-0.15, -0.1) is 0 Å². The zero-order chi connectivity index (χ0) is 21.8. The lowest BCUT2D eigenvalue weighted by molar-refractivity contribution is -0.0604. The molecule has 6 nitrogen and oxygen atoms in total. The van der Waals surface area contributed by atoms with Crippen molar-refractivity contribution in [3.63, 3.8) is 0 Å². The quantitative estimate of drug-likeness (QED) is 0.427. The summed E-state index contributed by atoms with van der Waals surface area (Å²) < 4.78 is 38.3. The van der Waals surface area contributed by atoms with E-state index in [0.717, 1.165) is 0 Å². The summed E-state index contributed by atoms with van der Waals surface area (Å²) in [7, 11) is 0. The fourth-order valence-corrected chi connectivity index (χ4v) is 2.67. The molecule has 1 heterocycles. The van der Waals surface area contributed by atoms with Gasteiger partial charge in [-0.25, -0.2) is 9.98 Å². The standard InChI is InChI=1S/C17H13Cl3F3N5O/c1-8(26-15(29)9-4-11(19)6-12(20)5-9)14(28-16(24)17(21,22)23)27-13-3-2-10(18)7-25-13/h2-8H,1H3,(H,26,29)(H2,24,25,27,28)/t8-/m0/s1. The number of amidine groups is 2. The van der Waals surface area contributed by atoms with Crippen LogP contribution in [0.2, 0.25) is 15.1 Å². The van der Waals surface area contributed by atoms with E-state index in [2.05, 4.69) is 20.6 Å². The number of aromatic nitrogens is 1. The molecule has 0 saturated carbocycles. The maximum Gasteiger partial charge on any atom is 0.450 e. The number of amides is 1. The van der Waals surface area contributed by atoms with Crippen molar-refractivity contribution in [2.24, 2.45) is 4.99 Å². The number of halogens is 6. The second-order valence-electron chi connectivity index (χ2n) is 5.68. The number of aliphatic imine (C=N–C) groups is 1. The molecule has 0 fully saturated rings. The number of hydrogen-bond donors (Lipinski definition) is 3. The van der Waals surface area contributed by atoms with Crippen LogP contribution in [0.4, 0.5) is 19.0 Å². The van der Waals surface area contributed by atoms with E-state index in [1.54, 1.807) is 0 Å². The van der Waals surface area contributed by atoms with Gasteiger partial charge < -0.3 is 10.6 Å². The van der Waals surface area contributed by atoms with E-state index < -0.39 is 24.0 Å². The normalized spacial score (nSPS) is 13.0. The molecule has 0 aliphatic carbocycles. The van der Waals surface area contributed by atoms with Crippen LogP contribution in [-0.2, 0) is 0 Å². The van der Waals surface area contributed by atoms with Gasteiger partial charge in [0.1, 0.15) is 11.7 Å². The van der Waals surface area contributed by atoms with Gasteiger partial charge in [0, 0.05) is 21.8 Å². The van der Waals surface area contributed by atoms with E-state index in [0.29, 0.717) is 5.02 Å². The van der Waals surface area contributed by atoms with Crippen molar-refractivity contribution in [3.8, 4) is 0 Å². The molecular formula is C17H13Cl3F3N5O. The number of carbonyl (C=O) groups excluding carboxylic acids is 1. The second-order valence-corrected chi connectivity index (χ2v) is 6.99. The predicted octanol–water partition coefficient (Wildman–Crippen LogP) is 5.21. The SMILES string of the molecule is C[C@H](NC(=O)c1cc(Cl)cc(Cl)c1)/C(=N/C(=N)C(F)(F)F)Nc1ccc(Cl)cn1. The molecule has 154 valence electrons. The molecule has 0 saturated heterocycles. The molecule has 1 aromatic heterocycles. The Kier molecular flexibility index (Phi) is 7.45. The number of nitrogens with zero attached hydrogens (tertiary/aromatic N) is 2. The number of pyridine rings is 1. The van der Waals surface area contributed by atoms with Crippen LogP contribution in [0, 0.1) is 5.41 Å². The summed E-state index contributed by atoms with van der Waals surface area (Å²) in [6, 6.07) is 5.92. The van der Waals surface area contributed by atoms with Crippen molar-refractivity contribution >= 4 is 58.2 Å². The van der Waals surface area contributed by atoms with Crippen molar-refractivity contribution in [1.82, 2.24) is 10.3 Å². The highest BCUT2D eigenvalue weighted by atomic mass is 35.5. The summed E-state index contributed by atoms with van der Waals surface area (Å²) in [5.74, 6) is -2.74. The van der Waals surface area contributed by atoms with Crippen LogP contribution >= 0.6 is 34.8 Å². The lowest BCUT2D eigenvalue weighted by Crippen LogP contribution is -2.43. The largest absolute Gasteiger partial charge is 0.450 e. The van der Waals surface area contributed by atoms with Gasteiger partial charge in [-0.1, -0.05) is 34.8 Å². The van der Waals surface area contributed by atoms with Crippen molar-refractivity contribution < 1.29 is 18.0 Å². The number of benzene rings is 1. The Morgan fingerprint density at radius 2 is 1.76 bits per heavy atom. The molecule has 1 aromatic carbocycles. The third-order valence-electron chi connectivity index (χ3n) is 3.37. The maximum absolute atomic E-state index is 12.8. The Hall–Kier alpha value is -2.36. The zero-order valence-electron chi connectivity index (χ0n) is 14.6. The maximum atomic E-state index is 12.8. The highest BCUT2D eigenvalue weighted by molar-refractivity contribution is 6.35. The summed E-state index contributed by atoms with van der Waals surface area (Å²) >= 11 is 17.5. The zero-order valence-corrected chi connectivity index (χ0v) is 16.9. The molecule has 12 heteroatoms. The van der Waals surface area contributed by atoms with E-state index in [-0.39, 0.29) is 27.3 Å². The summed E-state index contributed by atoms with van der Waals surface area (Å²) in [6.07, 6.45) is -3.70. The third kappa shape index (κ3) is 6.88. The van der Waals surface area contributed by atoms with Gasteiger partial charge in [-0.05, 0) is 37.3 Å². The average molecular weight is 467 g/mol. The van der Waals surface area contributed by atoms with Crippen LogP contribution in [0.3, 0.4) is 0 Å². The van der Waals surface area contributed by atoms with Crippen molar-refractivity contribution in [1.29, 1.82) is 5.41 Å². The highest BCUT2D eigenvalue weighted by Crippen LogP contribution is 2.20. The second kappa shape index (κ2) is 9.43. The average Bonchev–Trinajstić information content (AvgIpc) is 2.61. The lowest BCUT2D eigenvalue weighted by atomic mass is 10.2. The molecule has 0 spiro atoms. The summed E-state index contributed by atoms with van der Waals surface area (Å²) in [5.41, 5.74) is 0.101. The highest BCUT2D eigenvalue weighted by Gasteiger charge is 2.35. The predicted molar refractivity (Wildman–Crippen MR) is 107 cm³/mol. The minimum atomic E-state index is -4.97. The van der Waals surface area contributed by atoms with Gasteiger partial charge in [0.15, 0.2) is 0 Å². The smallest absolute Gasteiger partial charge is 0.342 e. The van der Waals surface area contributed by atoms with E-state index in [9.17, 15) is 18.0 Å². The Morgan fingerprint density at radius 1 is 1.14 bits per heavy atom. The molecule has 2 rings (SSSR count). The van der Waals surface area contributed by atoms with Gasteiger partial charge in [-0.3, -0.25) is 10.2 Å². The van der Waals surface area contributed by atoms with E-state index in [1.165, 1.54) is 43.5 Å². The van der Waals surface area contributed by atoms with Crippen LogP contribution in [0.25, 0.3) is 0 Å². The number of anilines is 1. The molecule has 0 radical (unpaired) electrons. The molecule has 29 heavy (non-hydrogen) atoms. The topological polar surface area (TPSA) is 90.2 Å². The third-order valence-corrected chi connectivity index (χ3v) is 4.03. The summed E-state index contributed by atoms with van der Waals surface area (Å²) in [5, 5.41) is 12.9. The fraction of sp³-hybridized carbons (Fsp3) is 0.176. The molecule has 0 unspecified atom stereocenters. The van der Waals surface area contributed by atoms with E-state index >= 15 is 0 Å². The molecule has 0 aliphatic rings. The summed E-state index contributed by atoms with van der Waals surface area (Å²) in [4.78, 5) is 19.6. The first-order valence-corrected chi connectivity index (χ1v) is 8.99. The molecule has 0 aliphatic heterocycles. The number of hydrogen-bond acceptors (Lipinski definition) is 3. The number of carbonyl (C=O) groups is 1. The molecule has 0 bridgehead atoms. The van der Waals surface area contributed by atoms with Gasteiger partial charge in [0.25, 0.3) is 5.91 Å². The molecule has 1 amide bonds. The Balaban J connectivity index is 2.28. The number of alkyl halides is 3. The van der Waals surface area contributed by atoms with Crippen LogP contribution in [0.1, 0.15) is 17.3 Å². The first kappa shape index (κ1) is 22.9. The monoisotopic (exact) mass is 465 g/mol. The molecule has 1 atom stereocenters. The number of nitrogens with one attached hydrogen (secondary N) is 3. The van der Waals surface area contributed by atoms with Crippen LogP contribution in [0.5, 0.6) is 0 Å². The molecule has 2 aromatic rings. The van der Waals surface area contributed by atoms with Gasteiger partial charge >= 0.3 is 6.18 Å². The first-order chi connectivity index (χ1) is 13.5. The fourth-order valence-electron chi connectivity index (χ4n) is 2.03. The van der Waals surface area contributed by atoms with Gasteiger partial charge in [0.05, 0.1) is 11.1 Å². The van der Waals surface area contributed by atoms with Gasteiger partial charge in [-0.2, -0.15) is 13.2 Å². The van der Waals surface area contributed by atoms with Gasteiger partial charge in [0.2, 0.25) is 5.84 Å². The molecule has 3 N–H and O–H groups in total. The van der Waals surface area contributed by atoms with Crippen LogP contribution in [-0.4, -0.2) is 34.8 Å². The van der Waals surface area contributed by atoms with E-state index in [4.69, 9.17) is 40.2 Å². The lowest BCUT2D eigenvalue weighted by Gasteiger charge is -2.19. The Morgan fingerprint density at radius 3 is 2.28 bits per heavy atom. The number of rotatable bonds is 4. The molecular weight excluding hydrogens is 454 g/mol. The van der Waals surface area contributed by atoms with E-state index in [1.807, 2.05) is 0 Å². The summed E-state index contributed by atoms with van der Waals surface area (Å²) in [6.45, 7) is 1.38. The van der Waals surface area contributed by atoms with Crippen molar-refractivity contribution in [2.45, 2.75) is 19.1 Å². The van der Waals surface area contributed by atoms with Crippen molar-refractivity contribution in [2.75, 3.05) is 5.32 Å². The van der Waals surface area contributed by atoms with Crippen LogP contribution in [0.15, 0.2) is 41.5 Å². The minimum absolute atomic E-state index is 0.101. The minimum Gasteiger partial charge on any atom is -0.342 e. The Labute approximate surface area is 178 Å². The van der Waals surface area contributed by atoms with Crippen molar-refractivity contribution in [3.05, 3.63) is 57.2 Å².